The van der Waals surface area contributed by atoms with Crippen molar-refractivity contribution in [3.8, 4) is 0 Å². The molecule has 0 saturated heterocycles. The molecule has 0 spiro atoms. The number of ether oxygens (including phenoxy) is 1. The number of ketones is 1. The van der Waals surface area contributed by atoms with E-state index in [0.717, 1.165) is 29.4 Å². The molecule has 126 valence electrons. The van der Waals surface area contributed by atoms with Gasteiger partial charge in [0.1, 0.15) is 0 Å². The van der Waals surface area contributed by atoms with Crippen molar-refractivity contribution in [2.75, 3.05) is 7.11 Å². The van der Waals surface area contributed by atoms with Crippen molar-refractivity contribution in [3.05, 3.63) is 70.9 Å². The van der Waals surface area contributed by atoms with Crippen LogP contribution in [0.1, 0.15) is 44.8 Å². The maximum absolute atomic E-state index is 12.7. The molecule has 1 aliphatic carbocycles. The number of benzene rings is 2. The van der Waals surface area contributed by atoms with Crippen LogP contribution >= 0.6 is 0 Å². The minimum absolute atomic E-state index is 0.120. The molecule has 0 amide bonds. The van der Waals surface area contributed by atoms with Crippen LogP contribution in [0.3, 0.4) is 0 Å². The molecule has 0 fully saturated rings. The van der Waals surface area contributed by atoms with E-state index in [4.69, 9.17) is 4.74 Å². The van der Waals surface area contributed by atoms with Gasteiger partial charge in [-0.25, -0.2) is 4.79 Å². The maximum atomic E-state index is 12.7. The monoisotopic (exact) mass is 333 g/mol. The third kappa shape index (κ3) is 2.54. The fraction of sp³-hybridized carbons (Fsp3) is 0.238. The van der Waals surface area contributed by atoms with Crippen LogP contribution in [0.5, 0.6) is 0 Å². The Kier molecular flexibility index (Phi) is 3.88. The summed E-state index contributed by atoms with van der Waals surface area (Å²) in [4.78, 5) is 24.9. The first kappa shape index (κ1) is 15.6. The summed E-state index contributed by atoms with van der Waals surface area (Å²) in [5.41, 5.74) is 4.30. The molecule has 0 atom stereocenters. The Morgan fingerprint density at radius 1 is 1.08 bits per heavy atom. The zero-order chi connectivity index (χ0) is 17.4. The molecule has 2 aromatic carbocycles. The Morgan fingerprint density at radius 3 is 2.64 bits per heavy atom. The Bertz CT molecular complexity index is 970. The molecule has 0 saturated carbocycles. The summed E-state index contributed by atoms with van der Waals surface area (Å²) in [6.07, 6.45) is 2.24. The lowest BCUT2D eigenvalue weighted by atomic mass is 9.92. The first-order valence-electron chi connectivity index (χ1n) is 8.50. The minimum Gasteiger partial charge on any atom is -0.465 e. The van der Waals surface area contributed by atoms with Gasteiger partial charge in [0.25, 0.3) is 0 Å². The van der Waals surface area contributed by atoms with Gasteiger partial charge in [0.05, 0.1) is 18.2 Å². The number of fused-ring (bicyclic) bond motifs is 3. The maximum Gasteiger partial charge on any atom is 0.338 e. The standard InChI is InChI=1S/C21H19NO3/c1-25-21(24)15-9-5-10-16-19(15)20-17(11-6-12-18(20)23)22(16)13-14-7-3-2-4-8-14/h2-5,7-10H,6,11-13H2,1H3. The number of Topliss-reactive ketones (excluding diaryl/α,β-unsaturated/α-hetero) is 1. The van der Waals surface area contributed by atoms with E-state index in [1.165, 1.54) is 12.7 Å². The third-order valence-electron chi connectivity index (χ3n) is 4.88. The number of esters is 1. The number of carbonyl (C=O) groups is 2. The second-order valence-electron chi connectivity index (χ2n) is 6.36. The van der Waals surface area contributed by atoms with Crippen molar-refractivity contribution >= 4 is 22.7 Å². The van der Waals surface area contributed by atoms with Crippen LogP contribution in [0.2, 0.25) is 0 Å². The molecular formula is C21H19NO3. The number of hydrogen-bond donors (Lipinski definition) is 0. The van der Waals surface area contributed by atoms with Gasteiger partial charge < -0.3 is 9.30 Å². The fourth-order valence-electron chi connectivity index (χ4n) is 3.78. The first-order valence-corrected chi connectivity index (χ1v) is 8.50. The number of aromatic nitrogens is 1. The highest BCUT2D eigenvalue weighted by Gasteiger charge is 2.28. The topological polar surface area (TPSA) is 48.3 Å². The quantitative estimate of drug-likeness (QED) is 0.681. The van der Waals surface area contributed by atoms with E-state index in [1.54, 1.807) is 6.07 Å². The lowest BCUT2D eigenvalue weighted by molar-refractivity contribution is 0.0603. The summed E-state index contributed by atoms with van der Waals surface area (Å²) in [5.74, 6) is -0.280. The summed E-state index contributed by atoms with van der Waals surface area (Å²) < 4.78 is 7.12. The molecule has 0 N–H and O–H groups in total. The van der Waals surface area contributed by atoms with Crippen LogP contribution in [0, 0.1) is 0 Å². The van der Waals surface area contributed by atoms with Gasteiger partial charge in [0, 0.05) is 29.6 Å². The second-order valence-corrected chi connectivity index (χ2v) is 6.36. The van der Waals surface area contributed by atoms with Crippen LogP contribution < -0.4 is 0 Å². The molecule has 1 aliphatic rings. The lowest BCUT2D eigenvalue weighted by Gasteiger charge is -2.15. The highest BCUT2D eigenvalue weighted by molar-refractivity contribution is 6.16. The average molecular weight is 333 g/mol. The average Bonchev–Trinajstić information content (AvgIpc) is 2.97. The molecule has 3 aromatic rings. The zero-order valence-corrected chi connectivity index (χ0v) is 14.1. The number of rotatable bonds is 3. The van der Waals surface area contributed by atoms with Crippen LogP contribution in [0.25, 0.3) is 10.9 Å². The van der Waals surface area contributed by atoms with Crippen molar-refractivity contribution in [2.45, 2.75) is 25.8 Å². The molecule has 0 aliphatic heterocycles. The third-order valence-corrected chi connectivity index (χ3v) is 4.88. The van der Waals surface area contributed by atoms with E-state index < -0.39 is 5.97 Å². The van der Waals surface area contributed by atoms with E-state index in [-0.39, 0.29) is 5.78 Å². The highest BCUT2D eigenvalue weighted by atomic mass is 16.5. The summed E-state index contributed by atoms with van der Waals surface area (Å²) in [6.45, 7) is 0.685. The number of carbonyl (C=O) groups excluding carboxylic acids is 2. The largest absolute Gasteiger partial charge is 0.465 e. The molecular weight excluding hydrogens is 314 g/mol. The summed E-state index contributed by atoms with van der Waals surface area (Å²) >= 11 is 0. The normalized spacial score (nSPS) is 13.7. The lowest BCUT2D eigenvalue weighted by Crippen LogP contribution is -2.14. The Morgan fingerprint density at radius 2 is 1.88 bits per heavy atom. The summed E-state index contributed by atoms with van der Waals surface area (Å²) in [5, 5.41) is 0.741. The van der Waals surface area contributed by atoms with Gasteiger partial charge in [-0.05, 0) is 30.5 Å². The molecule has 25 heavy (non-hydrogen) atoms. The molecule has 0 radical (unpaired) electrons. The van der Waals surface area contributed by atoms with Crippen molar-refractivity contribution in [2.24, 2.45) is 0 Å². The Hall–Kier alpha value is -2.88. The van der Waals surface area contributed by atoms with Gasteiger partial charge in [0.2, 0.25) is 0 Å². The van der Waals surface area contributed by atoms with E-state index in [2.05, 4.69) is 16.7 Å². The fourth-order valence-corrected chi connectivity index (χ4v) is 3.78. The van der Waals surface area contributed by atoms with Gasteiger partial charge in [-0.2, -0.15) is 0 Å². The van der Waals surface area contributed by atoms with E-state index in [1.807, 2.05) is 30.3 Å². The van der Waals surface area contributed by atoms with E-state index >= 15 is 0 Å². The molecule has 1 aromatic heterocycles. The predicted molar refractivity (Wildman–Crippen MR) is 96.1 cm³/mol. The summed E-state index contributed by atoms with van der Waals surface area (Å²) in [6, 6.07) is 15.7. The van der Waals surface area contributed by atoms with Crippen molar-refractivity contribution in [3.63, 3.8) is 0 Å². The number of nitrogens with zero attached hydrogens (tertiary/aromatic N) is 1. The predicted octanol–water partition coefficient (Wildman–Crippen LogP) is 4.00. The van der Waals surface area contributed by atoms with Crippen LogP contribution in [-0.2, 0) is 17.7 Å². The minimum atomic E-state index is -0.399. The molecule has 4 nitrogen and oxygen atoms in total. The van der Waals surface area contributed by atoms with Crippen LogP contribution in [0.4, 0.5) is 0 Å². The zero-order valence-electron chi connectivity index (χ0n) is 14.1. The SMILES string of the molecule is COC(=O)c1cccc2c1c1c(n2Cc2ccccc2)CCCC1=O. The summed E-state index contributed by atoms with van der Waals surface area (Å²) in [7, 11) is 1.37. The highest BCUT2D eigenvalue weighted by Crippen LogP contribution is 2.35. The van der Waals surface area contributed by atoms with Crippen LogP contribution in [0.15, 0.2) is 48.5 Å². The van der Waals surface area contributed by atoms with Gasteiger partial charge in [0.15, 0.2) is 5.78 Å². The van der Waals surface area contributed by atoms with E-state index in [0.29, 0.717) is 24.1 Å². The molecule has 0 unspecified atom stereocenters. The van der Waals surface area contributed by atoms with Crippen LogP contribution in [-0.4, -0.2) is 23.4 Å². The first-order chi connectivity index (χ1) is 12.2. The van der Waals surface area contributed by atoms with Crippen molar-refractivity contribution < 1.29 is 14.3 Å². The smallest absolute Gasteiger partial charge is 0.338 e. The van der Waals surface area contributed by atoms with Crippen molar-refractivity contribution in [1.29, 1.82) is 0 Å². The molecule has 0 bridgehead atoms. The number of methoxy groups -OCH3 is 1. The molecule has 4 rings (SSSR count). The van der Waals surface area contributed by atoms with Gasteiger partial charge in [-0.3, -0.25) is 4.79 Å². The van der Waals surface area contributed by atoms with Gasteiger partial charge in [-0.1, -0.05) is 36.4 Å². The van der Waals surface area contributed by atoms with Crippen molar-refractivity contribution in [1.82, 2.24) is 4.57 Å². The van der Waals surface area contributed by atoms with Gasteiger partial charge in [-0.15, -0.1) is 0 Å². The second kappa shape index (κ2) is 6.20. The molecule has 1 heterocycles. The Balaban J connectivity index is 2.00. The number of hydrogen-bond acceptors (Lipinski definition) is 3. The Labute approximate surface area is 146 Å². The molecule has 4 heteroatoms. The van der Waals surface area contributed by atoms with Gasteiger partial charge >= 0.3 is 5.97 Å². The van der Waals surface area contributed by atoms with E-state index in [9.17, 15) is 9.59 Å².